The number of carboxylic acids is 1. The maximum atomic E-state index is 10.7. The molecular formula is C8H11ClN2O2. The lowest BCUT2D eigenvalue weighted by Crippen LogP contribution is -2.07. The Kier molecular flexibility index (Phi) is 2.93. The lowest BCUT2D eigenvalue weighted by Gasteiger charge is -2.03. The van der Waals surface area contributed by atoms with Crippen molar-refractivity contribution in [1.29, 1.82) is 0 Å². The molecule has 0 bridgehead atoms. The summed E-state index contributed by atoms with van der Waals surface area (Å²) in [4.78, 5) is 10.7. The molecule has 1 heterocycles. The fraction of sp³-hybridized carbons (Fsp3) is 0.500. The zero-order valence-electron chi connectivity index (χ0n) is 7.49. The Morgan fingerprint density at radius 2 is 2.46 bits per heavy atom. The van der Waals surface area contributed by atoms with Crippen LogP contribution in [0.2, 0.25) is 5.15 Å². The summed E-state index contributed by atoms with van der Waals surface area (Å²) in [7, 11) is 0. The lowest BCUT2D eigenvalue weighted by molar-refractivity contribution is -0.138. The molecule has 5 heteroatoms. The van der Waals surface area contributed by atoms with Crippen molar-refractivity contribution in [1.82, 2.24) is 9.78 Å². The summed E-state index contributed by atoms with van der Waals surface area (Å²) in [6, 6.07) is 0. The van der Waals surface area contributed by atoms with E-state index < -0.39 is 11.9 Å². The van der Waals surface area contributed by atoms with E-state index in [0.717, 1.165) is 0 Å². The fourth-order valence-electron chi connectivity index (χ4n) is 1.03. The van der Waals surface area contributed by atoms with Crippen molar-refractivity contribution in [3.63, 3.8) is 0 Å². The molecule has 4 nitrogen and oxygen atoms in total. The van der Waals surface area contributed by atoms with Crippen LogP contribution in [0, 0.1) is 0 Å². The zero-order chi connectivity index (χ0) is 10.0. The molecule has 0 amide bonds. The molecule has 0 saturated heterocycles. The van der Waals surface area contributed by atoms with E-state index >= 15 is 0 Å². The van der Waals surface area contributed by atoms with Gasteiger partial charge in [-0.1, -0.05) is 11.6 Å². The van der Waals surface area contributed by atoms with E-state index in [0.29, 0.717) is 17.3 Å². The first-order valence-electron chi connectivity index (χ1n) is 4.02. The van der Waals surface area contributed by atoms with E-state index in [1.54, 1.807) is 11.6 Å². The van der Waals surface area contributed by atoms with Gasteiger partial charge in [0.05, 0.1) is 12.1 Å². The number of aryl methyl sites for hydroxylation is 1. The Hall–Kier alpha value is -1.03. The standard InChI is InChI=1S/C8H11ClN2O2/c1-3-11-7(9)6(4-10-11)5(2)8(12)13/h4-5H,3H2,1-2H3,(H,12,13). The molecule has 0 aliphatic carbocycles. The lowest BCUT2D eigenvalue weighted by atomic mass is 10.1. The molecule has 1 N–H and O–H groups in total. The first-order chi connectivity index (χ1) is 6.07. The van der Waals surface area contributed by atoms with Crippen molar-refractivity contribution in [2.75, 3.05) is 0 Å². The quantitative estimate of drug-likeness (QED) is 0.813. The van der Waals surface area contributed by atoms with Crippen LogP contribution in [0.1, 0.15) is 25.3 Å². The first-order valence-corrected chi connectivity index (χ1v) is 4.39. The molecule has 1 aromatic rings. The molecule has 1 aromatic heterocycles. The SMILES string of the molecule is CCn1ncc(C(C)C(=O)O)c1Cl. The van der Waals surface area contributed by atoms with Gasteiger partial charge < -0.3 is 5.11 Å². The van der Waals surface area contributed by atoms with Gasteiger partial charge in [-0.25, -0.2) is 0 Å². The summed E-state index contributed by atoms with van der Waals surface area (Å²) in [5.74, 6) is -1.50. The van der Waals surface area contributed by atoms with E-state index in [4.69, 9.17) is 16.7 Å². The Labute approximate surface area is 81.1 Å². The molecular weight excluding hydrogens is 192 g/mol. The smallest absolute Gasteiger partial charge is 0.310 e. The van der Waals surface area contributed by atoms with Crippen LogP contribution in [0.25, 0.3) is 0 Å². The molecule has 13 heavy (non-hydrogen) atoms. The van der Waals surface area contributed by atoms with E-state index in [-0.39, 0.29) is 0 Å². The summed E-state index contributed by atoms with van der Waals surface area (Å²) in [5.41, 5.74) is 0.566. The van der Waals surface area contributed by atoms with E-state index in [2.05, 4.69) is 5.10 Å². The van der Waals surface area contributed by atoms with Crippen LogP contribution in [0.3, 0.4) is 0 Å². The number of halogens is 1. The van der Waals surface area contributed by atoms with Gasteiger partial charge in [0.25, 0.3) is 0 Å². The number of nitrogens with zero attached hydrogens (tertiary/aromatic N) is 2. The fourth-order valence-corrected chi connectivity index (χ4v) is 1.40. The summed E-state index contributed by atoms with van der Waals surface area (Å²) in [6.07, 6.45) is 1.50. The average Bonchev–Trinajstić information content (AvgIpc) is 2.45. The van der Waals surface area contributed by atoms with Gasteiger partial charge >= 0.3 is 5.97 Å². The number of carbonyl (C=O) groups is 1. The monoisotopic (exact) mass is 202 g/mol. The highest BCUT2D eigenvalue weighted by Crippen LogP contribution is 2.24. The van der Waals surface area contributed by atoms with Crippen LogP contribution < -0.4 is 0 Å². The number of hydrogen-bond acceptors (Lipinski definition) is 2. The summed E-state index contributed by atoms with van der Waals surface area (Å²) < 4.78 is 1.57. The van der Waals surface area contributed by atoms with Gasteiger partial charge in [0.2, 0.25) is 0 Å². The zero-order valence-corrected chi connectivity index (χ0v) is 8.25. The Balaban J connectivity index is 3.02. The van der Waals surface area contributed by atoms with Crippen molar-refractivity contribution >= 4 is 17.6 Å². The largest absolute Gasteiger partial charge is 0.481 e. The van der Waals surface area contributed by atoms with E-state index in [1.165, 1.54) is 6.20 Å². The summed E-state index contributed by atoms with van der Waals surface area (Å²) >= 11 is 5.90. The number of aromatic nitrogens is 2. The van der Waals surface area contributed by atoms with Crippen LogP contribution in [-0.4, -0.2) is 20.9 Å². The second kappa shape index (κ2) is 3.79. The number of rotatable bonds is 3. The van der Waals surface area contributed by atoms with Crippen LogP contribution in [0.5, 0.6) is 0 Å². The number of aliphatic carboxylic acids is 1. The summed E-state index contributed by atoms with van der Waals surface area (Å²) in [6.45, 7) is 4.13. The minimum Gasteiger partial charge on any atom is -0.481 e. The van der Waals surface area contributed by atoms with E-state index in [9.17, 15) is 4.79 Å². The molecule has 0 radical (unpaired) electrons. The molecule has 0 spiro atoms. The first kappa shape index (κ1) is 10.1. The molecule has 0 aliphatic heterocycles. The Bertz CT molecular complexity index is 322. The van der Waals surface area contributed by atoms with Crippen LogP contribution >= 0.6 is 11.6 Å². The summed E-state index contributed by atoms with van der Waals surface area (Å²) in [5, 5.41) is 13.1. The highest BCUT2D eigenvalue weighted by molar-refractivity contribution is 6.30. The third-order valence-corrected chi connectivity index (χ3v) is 2.35. The van der Waals surface area contributed by atoms with Gasteiger partial charge in [0.15, 0.2) is 0 Å². The molecule has 0 fully saturated rings. The van der Waals surface area contributed by atoms with Crippen molar-refractivity contribution in [2.45, 2.75) is 26.3 Å². The average molecular weight is 203 g/mol. The molecule has 0 aliphatic rings. The normalized spacial score (nSPS) is 12.8. The van der Waals surface area contributed by atoms with Crippen molar-refractivity contribution < 1.29 is 9.90 Å². The maximum Gasteiger partial charge on any atom is 0.310 e. The predicted molar refractivity (Wildman–Crippen MR) is 49.0 cm³/mol. The Morgan fingerprint density at radius 3 is 2.85 bits per heavy atom. The van der Waals surface area contributed by atoms with Gasteiger partial charge in [-0.05, 0) is 13.8 Å². The third-order valence-electron chi connectivity index (χ3n) is 1.94. The van der Waals surface area contributed by atoms with Gasteiger partial charge in [0.1, 0.15) is 5.15 Å². The van der Waals surface area contributed by atoms with Crippen molar-refractivity contribution in [3.05, 3.63) is 16.9 Å². The van der Waals surface area contributed by atoms with Crippen molar-refractivity contribution in [3.8, 4) is 0 Å². The Morgan fingerprint density at radius 1 is 1.85 bits per heavy atom. The number of hydrogen-bond donors (Lipinski definition) is 1. The second-order valence-corrected chi connectivity index (χ2v) is 3.12. The second-order valence-electron chi connectivity index (χ2n) is 2.77. The molecule has 1 atom stereocenters. The van der Waals surface area contributed by atoms with Gasteiger partial charge in [0, 0.05) is 12.1 Å². The van der Waals surface area contributed by atoms with Gasteiger partial charge in [-0.2, -0.15) is 5.10 Å². The van der Waals surface area contributed by atoms with Gasteiger partial charge in [-0.15, -0.1) is 0 Å². The topological polar surface area (TPSA) is 55.1 Å². The minimum absolute atomic E-state index is 0.414. The highest BCUT2D eigenvalue weighted by atomic mass is 35.5. The van der Waals surface area contributed by atoms with Crippen molar-refractivity contribution in [2.24, 2.45) is 0 Å². The van der Waals surface area contributed by atoms with Crippen LogP contribution in [-0.2, 0) is 11.3 Å². The van der Waals surface area contributed by atoms with E-state index in [1.807, 2.05) is 6.92 Å². The predicted octanol–water partition coefficient (Wildman–Crippen LogP) is 1.74. The maximum absolute atomic E-state index is 10.7. The van der Waals surface area contributed by atoms with Crippen LogP contribution in [0.4, 0.5) is 0 Å². The minimum atomic E-state index is -0.891. The molecule has 0 saturated carbocycles. The molecule has 1 unspecified atom stereocenters. The molecule has 1 rings (SSSR count). The third kappa shape index (κ3) is 1.83. The molecule has 0 aromatic carbocycles. The number of carboxylic acid groups (broad SMARTS) is 1. The van der Waals surface area contributed by atoms with Crippen LogP contribution in [0.15, 0.2) is 6.20 Å². The van der Waals surface area contributed by atoms with Gasteiger partial charge in [-0.3, -0.25) is 9.48 Å². The highest BCUT2D eigenvalue weighted by Gasteiger charge is 2.19. The molecule has 72 valence electrons.